The molecule has 0 amide bonds. The lowest BCUT2D eigenvalue weighted by Crippen LogP contribution is -2.49. The molecule has 2 atom stereocenters. The van der Waals surface area contributed by atoms with Crippen LogP contribution in [0.3, 0.4) is 0 Å². The number of benzene rings is 1. The Kier molecular flexibility index (Phi) is 4.37. The van der Waals surface area contributed by atoms with Gasteiger partial charge in [0.25, 0.3) is 0 Å². The van der Waals surface area contributed by atoms with Crippen molar-refractivity contribution in [3.05, 3.63) is 40.2 Å². The van der Waals surface area contributed by atoms with E-state index in [2.05, 4.69) is 10.2 Å². The molecule has 1 N–H and O–H groups in total. The molecule has 0 radical (unpaired) electrons. The molecule has 2 unspecified atom stereocenters. The summed E-state index contributed by atoms with van der Waals surface area (Å²) in [4.78, 5) is 13.6. The fraction of sp³-hybridized carbons (Fsp3) is 0.412. The number of hydrogen-bond donors (Lipinski definition) is 1. The van der Waals surface area contributed by atoms with E-state index < -0.39 is 0 Å². The van der Waals surface area contributed by atoms with Crippen LogP contribution >= 0.6 is 12.2 Å². The van der Waals surface area contributed by atoms with Crippen LogP contribution in [-0.2, 0) is 4.74 Å². The minimum atomic E-state index is -0.342. The predicted molar refractivity (Wildman–Crippen MR) is 95.0 cm³/mol. The molecule has 1 aromatic heterocycles. The summed E-state index contributed by atoms with van der Waals surface area (Å²) in [6.45, 7) is 7.50. The molecule has 2 aromatic rings. The molecule has 23 heavy (non-hydrogen) atoms. The minimum absolute atomic E-state index is 0.149. The van der Waals surface area contributed by atoms with E-state index in [9.17, 15) is 4.79 Å². The molecule has 1 aliphatic rings. The van der Waals surface area contributed by atoms with Gasteiger partial charge < -0.3 is 19.4 Å². The Morgan fingerprint density at radius 3 is 2.65 bits per heavy atom. The summed E-state index contributed by atoms with van der Waals surface area (Å²) >= 11 is 5.50. The number of thiocarbonyl (C=S) groups is 1. The second kappa shape index (κ2) is 6.29. The highest BCUT2D eigenvalue weighted by Gasteiger charge is 2.23. The van der Waals surface area contributed by atoms with E-state index in [0.29, 0.717) is 10.7 Å². The van der Waals surface area contributed by atoms with Gasteiger partial charge in [0.05, 0.1) is 12.2 Å². The van der Waals surface area contributed by atoms with E-state index in [4.69, 9.17) is 21.4 Å². The molecule has 122 valence electrons. The van der Waals surface area contributed by atoms with Gasteiger partial charge in [-0.3, -0.25) is 0 Å². The first kappa shape index (κ1) is 16.0. The number of nitrogens with one attached hydrogen (secondary N) is 1. The number of hydrogen-bond acceptors (Lipinski definition) is 4. The second-order valence-corrected chi connectivity index (χ2v) is 6.44. The van der Waals surface area contributed by atoms with Crippen molar-refractivity contribution in [2.24, 2.45) is 0 Å². The summed E-state index contributed by atoms with van der Waals surface area (Å²) in [6.07, 6.45) is 0.298. The molecule has 0 aliphatic carbocycles. The van der Waals surface area contributed by atoms with E-state index >= 15 is 0 Å². The van der Waals surface area contributed by atoms with Gasteiger partial charge in [0, 0.05) is 36.3 Å². The molecular weight excluding hydrogens is 312 g/mol. The van der Waals surface area contributed by atoms with Gasteiger partial charge in [-0.15, -0.1) is 0 Å². The van der Waals surface area contributed by atoms with Gasteiger partial charge in [-0.05, 0) is 50.7 Å². The van der Waals surface area contributed by atoms with Crippen LogP contribution in [0.1, 0.15) is 19.4 Å². The fourth-order valence-electron chi connectivity index (χ4n) is 2.95. The molecule has 0 spiro atoms. The van der Waals surface area contributed by atoms with Gasteiger partial charge in [0.15, 0.2) is 5.11 Å². The molecular formula is C17H20N2O3S. The maximum atomic E-state index is 11.5. The lowest BCUT2D eigenvalue weighted by Gasteiger charge is -2.36. The average molecular weight is 332 g/mol. The zero-order chi connectivity index (χ0) is 16.6. The Bertz CT molecular complexity index is 792. The maximum absolute atomic E-state index is 11.5. The van der Waals surface area contributed by atoms with Crippen LogP contribution in [0.15, 0.2) is 33.5 Å². The normalized spacial score (nSPS) is 21.4. The van der Waals surface area contributed by atoms with Gasteiger partial charge in [-0.1, -0.05) is 0 Å². The number of morpholine rings is 1. The number of nitrogens with zero attached hydrogens (tertiary/aromatic N) is 1. The fourth-order valence-corrected chi connectivity index (χ4v) is 3.22. The van der Waals surface area contributed by atoms with Crippen molar-refractivity contribution in [1.29, 1.82) is 0 Å². The molecule has 1 aromatic carbocycles. The molecule has 1 aliphatic heterocycles. The molecule has 0 bridgehead atoms. The first-order valence-corrected chi connectivity index (χ1v) is 8.09. The van der Waals surface area contributed by atoms with Crippen LogP contribution in [-0.4, -0.2) is 35.3 Å². The summed E-state index contributed by atoms with van der Waals surface area (Å²) < 4.78 is 11.0. The van der Waals surface area contributed by atoms with Gasteiger partial charge in [-0.2, -0.15) is 0 Å². The number of aryl methyl sites for hydroxylation is 1. The third-order valence-electron chi connectivity index (χ3n) is 3.91. The highest BCUT2D eigenvalue weighted by Crippen LogP contribution is 2.21. The quantitative estimate of drug-likeness (QED) is 0.640. The molecule has 5 nitrogen and oxygen atoms in total. The zero-order valence-electron chi connectivity index (χ0n) is 13.5. The molecule has 0 saturated carbocycles. The zero-order valence-corrected chi connectivity index (χ0v) is 14.3. The third-order valence-corrected chi connectivity index (χ3v) is 4.27. The van der Waals surface area contributed by atoms with Crippen LogP contribution in [0.5, 0.6) is 0 Å². The van der Waals surface area contributed by atoms with Crippen molar-refractivity contribution in [3.63, 3.8) is 0 Å². The Labute approximate surface area is 140 Å². The molecule has 1 fully saturated rings. The van der Waals surface area contributed by atoms with Crippen molar-refractivity contribution in [2.75, 3.05) is 18.4 Å². The Hall–Kier alpha value is -1.92. The average Bonchev–Trinajstić information content (AvgIpc) is 2.45. The van der Waals surface area contributed by atoms with E-state index in [0.717, 1.165) is 29.7 Å². The lowest BCUT2D eigenvalue weighted by atomic mass is 10.1. The Morgan fingerprint density at radius 2 is 1.96 bits per heavy atom. The summed E-state index contributed by atoms with van der Waals surface area (Å²) in [7, 11) is 0. The number of rotatable bonds is 1. The second-order valence-electron chi connectivity index (χ2n) is 6.05. The number of anilines is 1. The minimum Gasteiger partial charge on any atom is -0.423 e. The highest BCUT2D eigenvalue weighted by molar-refractivity contribution is 7.80. The van der Waals surface area contributed by atoms with Crippen molar-refractivity contribution in [1.82, 2.24) is 4.90 Å². The van der Waals surface area contributed by atoms with Crippen LogP contribution in [0.2, 0.25) is 0 Å². The van der Waals surface area contributed by atoms with Gasteiger partial charge in [-0.25, -0.2) is 4.79 Å². The van der Waals surface area contributed by atoms with Crippen LogP contribution < -0.4 is 10.9 Å². The molecule has 1 saturated heterocycles. The van der Waals surface area contributed by atoms with Crippen molar-refractivity contribution in [2.45, 2.75) is 33.0 Å². The Balaban J connectivity index is 1.81. The van der Waals surface area contributed by atoms with Gasteiger partial charge in [0.2, 0.25) is 0 Å². The standard InChI is InChI=1S/C17H20N2O3S/c1-10-6-16(20)22-15-7-13(4-5-14(10)15)18-17(23)19-8-11(2)21-12(3)9-19/h4-7,11-12H,8-9H2,1-3H3,(H,18,23). The van der Waals surface area contributed by atoms with E-state index in [1.807, 2.05) is 39.0 Å². The van der Waals surface area contributed by atoms with Crippen molar-refractivity contribution >= 4 is 34.0 Å². The maximum Gasteiger partial charge on any atom is 0.336 e. The third kappa shape index (κ3) is 3.54. The number of fused-ring (bicyclic) bond motifs is 1. The summed E-state index contributed by atoms with van der Waals surface area (Å²) in [5, 5.41) is 4.80. The van der Waals surface area contributed by atoms with Crippen LogP contribution in [0.25, 0.3) is 11.0 Å². The van der Waals surface area contributed by atoms with Gasteiger partial charge >= 0.3 is 5.63 Å². The monoisotopic (exact) mass is 332 g/mol. The predicted octanol–water partition coefficient (Wildman–Crippen LogP) is 2.91. The lowest BCUT2D eigenvalue weighted by molar-refractivity contribution is -0.0473. The van der Waals surface area contributed by atoms with Crippen molar-refractivity contribution < 1.29 is 9.15 Å². The van der Waals surface area contributed by atoms with E-state index in [1.165, 1.54) is 6.07 Å². The van der Waals surface area contributed by atoms with E-state index in [1.54, 1.807) is 0 Å². The summed E-state index contributed by atoms with van der Waals surface area (Å²) in [5.74, 6) is 0. The molecule has 2 heterocycles. The summed E-state index contributed by atoms with van der Waals surface area (Å²) in [6, 6.07) is 7.18. The van der Waals surface area contributed by atoms with Crippen LogP contribution in [0.4, 0.5) is 5.69 Å². The van der Waals surface area contributed by atoms with Crippen LogP contribution in [0, 0.1) is 6.92 Å². The summed E-state index contributed by atoms with van der Waals surface area (Å²) in [5.41, 5.74) is 1.93. The molecule has 6 heteroatoms. The largest absolute Gasteiger partial charge is 0.423 e. The van der Waals surface area contributed by atoms with Crippen molar-refractivity contribution in [3.8, 4) is 0 Å². The van der Waals surface area contributed by atoms with E-state index in [-0.39, 0.29) is 17.8 Å². The topological polar surface area (TPSA) is 54.7 Å². The Morgan fingerprint density at radius 1 is 1.26 bits per heavy atom. The smallest absolute Gasteiger partial charge is 0.336 e. The van der Waals surface area contributed by atoms with Gasteiger partial charge in [0.1, 0.15) is 5.58 Å². The number of ether oxygens (including phenoxy) is 1. The highest BCUT2D eigenvalue weighted by atomic mass is 32.1. The first-order chi connectivity index (χ1) is 10.9. The SMILES string of the molecule is Cc1cc(=O)oc2cc(NC(=S)N3CC(C)OC(C)C3)ccc12. The first-order valence-electron chi connectivity index (χ1n) is 7.68. The molecule has 3 rings (SSSR count).